The van der Waals surface area contributed by atoms with Crippen LogP contribution in [0.3, 0.4) is 0 Å². The molecule has 0 spiro atoms. The van der Waals surface area contributed by atoms with E-state index in [-0.39, 0.29) is 0 Å². The van der Waals surface area contributed by atoms with Crippen molar-refractivity contribution in [2.45, 2.75) is 13.3 Å². The summed E-state index contributed by atoms with van der Waals surface area (Å²) in [6.45, 7) is 2.66. The second kappa shape index (κ2) is 1.99. The van der Waals surface area contributed by atoms with Gasteiger partial charge in [-0.25, -0.2) is 0 Å². The SMILES string of the molecule is C[C@@]1(C(=O)O)CCOC1. The first-order chi connectivity index (χ1) is 4.15. The zero-order valence-electron chi connectivity index (χ0n) is 5.39. The Kier molecular flexibility index (Phi) is 1.45. The monoisotopic (exact) mass is 130 g/mol. The summed E-state index contributed by atoms with van der Waals surface area (Å²) < 4.78 is 4.94. The molecule has 3 nitrogen and oxygen atoms in total. The molecule has 0 amide bonds. The molecular weight excluding hydrogens is 120 g/mol. The maximum Gasteiger partial charge on any atom is 0.311 e. The Bertz CT molecular complexity index is 124. The van der Waals surface area contributed by atoms with Gasteiger partial charge in [-0.1, -0.05) is 0 Å². The normalized spacial score (nSPS) is 34.8. The topological polar surface area (TPSA) is 46.5 Å². The van der Waals surface area contributed by atoms with Crippen molar-refractivity contribution in [2.75, 3.05) is 13.2 Å². The number of carboxylic acids is 1. The molecule has 0 aromatic rings. The van der Waals surface area contributed by atoms with Crippen LogP contribution >= 0.6 is 0 Å². The number of carboxylic acid groups (broad SMARTS) is 1. The van der Waals surface area contributed by atoms with E-state index >= 15 is 0 Å². The highest BCUT2D eigenvalue weighted by Crippen LogP contribution is 2.27. The van der Waals surface area contributed by atoms with E-state index in [1.807, 2.05) is 0 Å². The molecule has 0 bridgehead atoms. The molecule has 0 radical (unpaired) electrons. The average molecular weight is 130 g/mol. The molecule has 9 heavy (non-hydrogen) atoms. The van der Waals surface area contributed by atoms with Gasteiger partial charge in [0, 0.05) is 6.61 Å². The van der Waals surface area contributed by atoms with Gasteiger partial charge in [0.15, 0.2) is 0 Å². The van der Waals surface area contributed by atoms with Crippen LogP contribution in [0.25, 0.3) is 0 Å². The van der Waals surface area contributed by atoms with Crippen LogP contribution in [0.5, 0.6) is 0 Å². The van der Waals surface area contributed by atoms with E-state index in [2.05, 4.69) is 0 Å². The molecule has 0 aromatic carbocycles. The Hall–Kier alpha value is -0.570. The molecule has 1 aliphatic rings. The molecule has 1 saturated heterocycles. The fourth-order valence-corrected chi connectivity index (χ4v) is 0.836. The van der Waals surface area contributed by atoms with Crippen LogP contribution in [-0.2, 0) is 9.53 Å². The van der Waals surface area contributed by atoms with Gasteiger partial charge in [0.1, 0.15) is 0 Å². The van der Waals surface area contributed by atoms with Gasteiger partial charge in [0.25, 0.3) is 0 Å². The summed E-state index contributed by atoms with van der Waals surface area (Å²) in [7, 11) is 0. The third kappa shape index (κ3) is 1.05. The molecule has 1 rings (SSSR count). The molecule has 1 heterocycles. The average Bonchev–Trinajstić information content (AvgIpc) is 2.16. The molecule has 52 valence electrons. The van der Waals surface area contributed by atoms with E-state index in [4.69, 9.17) is 9.84 Å². The quantitative estimate of drug-likeness (QED) is 0.562. The molecule has 0 aromatic heterocycles. The first-order valence-corrected chi connectivity index (χ1v) is 2.96. The van der Waals surface area contributed by atoms with Crippen LogP contribution in [0.1, 0.15) is 13.3 Å². The maximum atomic E-state index is 10.4. The smallest absolute Gasteiger partial charge is 0.311 e. The highest BCUT2D eigenvalue weighted by Gasteiger charge is 2.37. The molecule has 0 saturated carbocycles. The van der Waals surface area contributed by atoms with Gasteiger partial charge in [-0.2, -0.15) is 0 Å². The number of ether oxygens (including phenoxy) is 1. The van der Waals surface area contributed by atoms with Gasteiger partial charge in [0.05, 0.1) is 12.0 Å². The Morgan fingerprint density at radius 2 is 2.44 bits per heavy atom. The van der Waals surface area contributed by atoms with E-state index in [1.165, 1.54) is 0 Å². The molecule has 3 heteroatoms. The first-order valence-electron chi connectivity index (χ1n) is 2.96. The largest absolute Gasteiger partial charge is 0.481 e. The number of rotatable bonds is 1. The van der Waals surface area contributed by atoms with Gasteiger partial charge < -0.3 is 9.84 Å². The van der Waals surface area contributed by atoms with E-state index in [9.17, 15) is 4.79 Å². The van der Waals surface area contributed by atoms with E-state index in [0.29, 0.717) is 19.6 Å². The van der Waals surface area contributed by atoms with Gasteiger partial charge in [-0.15, -0.1) is 0 Å². The van der Waals surface area contributed by atoms with E-state index in [0.717, 1.165) is 0 Å². The van der Waals surface area contributed by atoms with Gasteiger partial charge in [0.2, 0.25) is 0 Å². The number of aliphatic carboxylic acids is 1. The van der Waals surface area contributed by atoms with Crippen LogP contribution in [0.4, 0.5) is 0 Å². The lowest BCUT2D eigenvalue weighted by atomic mass is 9.91. The summed E-state index contributed by atoms with van der Waals surface area (Å²) in [6, 6.07) is 0. The Labute approximate surface area is 53.6 Å². The zero-order chi connectivity index (χ0) is 6.91. The zero-order valence-corrected chi connectivity index (χ0v) is 5.39. The second-order valence-electron chi connectivity index (χ2n) is 2.67. The molecular formula is C6H10O3. The van der Waals surface area contributed by atoms with Crippen LogP contribution in [-0.4, -0.2) is 24.3 Å². The summed E-state index contributed by atoms with van der Waals surface area (Å²) >= 11 is 0. The van der Waals surface area contributed by atoms with Crippen LogP contribution in [0.2, 0.25) is 0 Å². The minimum Gasteiger partial charge on any atom is -0.481 e. The van der Waals surface area contributed by atoms with Crippen molar-refractivity contribution in [3.05, 3.63) is 0 Å². The van der Waals surface area contributed by atoms with Crippen molar-refractivity contribution >= 4 is 5.97 Å². The van der Waals surface area contributed by atoms with Crippen LogP contribution in [0, 0.1) is 5.41 Å². The molecule has 1 N–H and O–H groups in total. The van der Waals surface area contributed by atoms with Crippen molar-refractivity contribution < 1.29 is 14.6 Å². The molecule has 0 aliphatic carbocycles. The van der Waals surface area contributed by atoms with Crippen molar-refractivity contribution in [1.29, 1.82) is 0 Å². The molecule has 0 unspecified atom stereocenters. The highest BCUT2D eigenvalue weighted by atomic mass is 16.5. The van der Waals surface area contributed by atoms with Crippen molar-refractivity contribution in [3.63, 3.8) is 0 Å². The summed E-state index contributed by atoms with van der Waals surface area (Å²) in [5, 5.41) is 8.59. The molecule has 1 aliphatic heterocycles. The number of hydrogen-bond donors (Lipinski definition) is 1. The lowest BCUT2D eigenvalue weighted by Crippen LogP contribution is -2.27. The van der Waals surface area contributed by atoms with E-state index in [1.54, 1.807) is 6.92 Å². The van der Waals surface area contributed by atoms with Gasteiger partial charge >= 0.3 is 5.97 Å². The van der Waals surface area contributed by atoms with Crippen LogP contribution < -0.4 is 0 Å². The molecule has 1 fully saturated rings. The second-order valence-corrected chi connectivity index (χ2v) is 2.67. The lowest BCUT2D eigenvalue weighted by Gasteiger charge is -2.13. The van der Waals surface area contributed by atoms with Crippen molar-refractivity contribution in [1.82, 2.24) is 0 Å². The van der Waals surface area contributed by atoms with Gasteiger partial charge in [-0.05, 0) is 13.3 Å². The van der Waals surface area contributed by atoms with E-state index < -0.39 is 11.4 Å². The predicted octanol–water partition coefficient (Wildman–Crippen LogP) is 0.498. The van der Waals surface area contributed by atoms with Crippen LogP contribution in [0.15, 0.2) is 0 Å². The summed E-state index contributed by atoms with van der Waals surface area (Å²) in [6.07, 6.45) is 0.641. The highest BCUT2D eigenvalue weighted by molar-refractivity contribution is 5.74. The first kappa shape index (κ1) is 6.55. The standard InChI is InChI=1S/C6H10O3/c1-6(5(7)8)2-3-9-4-6/h2-4H2,1H3,(H,7,8)/t6-/m1/s1. The predicted molar refractivity (Wildman–Crippen MR) is 31.2 cm³/mol. The third-order valence-corrected chi connectivity index (χ3v) is 1.74. The third-order valence-electron chi connectivity index (χ3n) is 1.74. The fourth-order valence-electron chi connectivity index (χ4n) is 0.836. The van der Waals surface area contributed by atoms with Gasteiger partial charge in [-0.3, -0.25) is 4.79 Å². The number of carbonyl (C=O) groups is 1. The number of hydrogen-bond acceptors (Lipinski definition) is 2. The molecule has 1 atom stereocenters. The minimum atomic E-state index is -0.750. The Morgan fingerprint density at radius 3 is 2.67 bits per heavy atom. The minimum absolute atomic E-state index is 0.363. The summed E-state index contributed by atoms with van der Waals surface area (Å²) in [5.74, 6) is -0.750. The Balaban J connectivity index is 2.61. The van der Waals surface area contributed by atoms with Crippen molar-refractivity contribution in [3.8, 4) is 0 Å². The Morgan fingerprint density at radius 1 is 1.78 bits per heavy atom. The summed E-state index contributed by atoms with van der Waals surface area (Å²) in [5.41, 5.74) is -0.611. The lowest BCUT2D eigenvalue weighted by molar-refractivity contribution is -0.147. The fraction of sp³-hybridized carbons (Fsp3) is 0.833. The maximum absolute atomic E-state index is 10.4. The van der Waals surface area contributed by atoms with Crippen molar-refractivity contribution in [2.24, 2.45) is 5.41 Å². The summed E-state index contributed by atoms with van der Waals surface area (Å²) in [4.78, 5) is 10.4.